The number of fused-ring (bicyclic) bond motifs is 1. The Bertz CT molecular complexity index is 582. The molecular formula is C18H28N2O5. The van der Waals surface area contributed by atoms with Crippen LogP contribution in [0.15, 0.2) is 0 Å². The second kappa shape index (κ2) is 6.27. The Morgan fingerprint density at radius 1 is 1.28 bits per heavy atom. The van der Waals surface area contributed by atoms with Gasteiger partial charge in [0.2, 0.25) is 11.8 Å². The lowest BCUT2D eigenvalue weighted by Crippen LogP contribution is -2.56. The van der Waals surface area contributed by atoms with E-state index in [1.54, 1.807) is 0 Å². The summed E-state index contributed by atoms with van der Waals surface area (Å²) in [7, 11) is 0. The van der Waals surface area contributed by atoms with Gasteiger partial charge in [0.1, 0.15) is 12.1 Å². The third-order valence-electron chi connectivity index (χ3n) is 6.28. The summed E-state index contributed by atoms with van der Waals surface area (Å²) in [6.45, 7) is 9.24. The van der Waals surface area contributed by atoms with Crippen LogP contribution in [0.2, 0.25) is 0 Å². The number of piperidine rings is 1. The van der Waals surface area contributed by atoms with Gasteiger partial charge in [0, 0.05) is 19.1 Å². The molecule has 0 radical (unpaired) electrons. The summed E-state index contributed by atoms with van der Waals surface area (Å²) < 4.78 is 5.24. The monoisotopic (exact) mass is 352 g/mol. The van der Waals surface area contributed by atoms with Crippen molar-refractivity contribution in [2.75, 3.05) is 19.8 Å². The van der Waals surface area contributed by atoms with Gasteiger partial charge in [-0.1, -0.05) is 27.7 Å². The molecule has 7 heteroatoms. The van der Waals surface area contributed by atoms with E-state index in [1.807, 2.05) is 13.8 Å². The summed E-state index contributed by atoms with van der Waals surface area (Å²) in [5.41, 5.74) is -0.0302. The van der Waals surface area contributed by atoms with E-state index in [4.69, 9.17) is 4.74 Å². The molecule has 0 aromatic rings. The van der Waals surface area contributed by atoms with Gasteiger partial charge >= 0.3 is 5.97 Å². The number of likely N-dealkylation sites (tertiary alicyclic amines) is 1. The molecule has 2 saturated heterocycles. The SMILES string of the molecule is CC(C)C(NC(=O)[C@@H]1CCOC1)C(=O)N1C[C@H]2[C@@H]([C@H]1C(=O)O)C2(C)C. The number of hydrogen-bond acceptors (Lipinski definition) is 4. The van der Waals surface area contributed by atoms with Crippen molar-refractivity contribution in [1.82, 2.24) is 10.2 Å². The standard InChI is InChI=1S/C18H28N2O5/c1-9(2)13(19-15(21)10-5-6-25-8-10)16(22)20-7-11-12(18(11,3)4)14(20)17(23)24/h9-14H,5-8H2,1-4H3,(H,19,21)(H,23,24)/t10-,11+,12+,13?,14+/m1/s1. The van der Waals surface area contributed by atoms with Crippen LogP contribution in [0, 0.1) is 29.1 Å². The number of amides is 2. The number of carbonyl (C=O) groups excluding carboxylic acids is 2. The second-order valence-electron chi connectivity index (χ2n) is 8.52. The fraction of sp³-hybridized carbons (Fsp3) is 0.833. The van der Waals surface area contributed by atoms with Crippen molar-refractivity contribution in [2.45, 2.75) is 46.2 Å². The van der Waals surface area contributed by atoms with Crippen LogP contribution in [0.25, 0.3) is 0 Å². The molecule has 0 aromatic carbocycles. The quantitative estimate of drug-likeness (QED) is 0.760. The molecule has 3 fully saturated rings. The first-order chi connectivity index (χ1) is 11.7. The zero-order chi connectivity index (χ0) is 18.5. The summed E-state index contributed by atoms with van der Waals surface area (Å²) in [6, 6.07) is -1.49. The van der Waals surface area contributed by atoms with Crippen molar-refractivity contribution in [2.24, 2.45) is 29.1 Å². The van der Waals surface area contributed by atoms with Gasteiger partial charge in [-0.25, -0.2) is 4.79 Å². The third kappa shape index (κ3) is 3.03. The molecule has 0 spiro atoms. The van der Waals surface area contributed by atoms with Gasteiger partial charge < -0.3 is 20.1 Å². The minimum Gasteiger partial charge on any atom is -0.480 e. The van der Waals surface area contributed by atoms with E-state index in [0.717, 1.165) is 0 Å². The highest BCUT2D eigenvalue weighted by atomic mass is 16.5. The molecule has 3 rings (SSSR count). The molecule has 140 valence electrons. The average Bonchev–Trinajstić information content (AvgIpc) is 3.02. The molecule has 1 unspecified atom stereocenters. The Kier molecular flexibility index (Phi) is 4.56. The van der Waals surface area contributed by atoms with Crippen LogP contribution < -0.4 is 5.32 Å². The molecule has 1 aliphatic carbocycles. The number of rotatable bonds is 5. The maximum Gasteiger partial charge on any atom is 0.326 e. The van der Waals surface area contributed by atoms with Crippen molar-refractivity contribution in [3.8, 4) is 0 Å². The Morgan fingerprint density at radius 3 is 2.48 bits per heavy atom. The zero-order valence-electron chi connectivity index (χ0n) is 15.3. The molecule has 0 bridgehead atoms. The van der Waals surface area contributed by atoms with Gasteiger partial charge in [-0.15, -0.1) is 0 Å². The first-order valence-corrected chi connectivity index (χ1v) is 9.07. The van der Waals surface area contributed by atoms with Gasteiger partial charge in [0.15, 0.2) is 0 Å². The molecular weight excluding hydrogens is 324 g/mol. The molecule has 25 heavy (non-hydrogen) atoms. The topological polar surface area (TPSA) is 95.9 Å². The molecule has 1 saturated carbocycles. The predicted octanol–water partition coefficient (Wildman–Crippen LogP) is 0.731. The Balaban J connectivity index is 1.72. The summed E-state index contributed by atoms with van der Waals surface area (Å²) in [5.74, 6) is -1.53. The maximum atomic E-state index is 13.0. The van der Waals surface area contributed by atoms with Crippen LogP contribution in [-0.4, -0.2) is 59.6 Å². The lowest BCUT2D eigenvalue weighted by molar-refractivity contribution is -0.152. The smallest absolute Gasteiger partial charge is 0.326 e. The fourth-order valence-corrected chi connectivity index (χ4v) is 4.50. The van der Waals surface area contributed by atoms with Crippen molar-refractivity contribution >= 4 is 17.8 Å². The zero-order valence-corrected chi connectivity index (χ0v) is 15.3. The fourth-order valence-electron chi connectivity index (χ4n) is 4.50. The summed E-state index contributed by atoms with van der Waals surface area (Å²) in [4.78, 5) is 38.7. The predicted molar refractivity (Wildman–Crippen MR) is 89.6 cm³/mol. The van der Waals surface area contributed by atoms with E-state index in [2.05, 4.69) is 19.2 Å². The third-order valence-corrected chi connectivity index (χ3v) is 6.28. The van der Waals surface area contributed by atoms with Crippen LogP contribution in [0.5, 0.6) is 0 Å². The van der Waals surface area contributed by atoms with Crippen molar-refractivity contribution in [3.05, 3.63) is 0 Å². The molecule has 7 nitrogen and oxygen atoms in total. The van der Waals surface area contributed by atoms with E-state index in [0.29, 0.717) is 26.2 Å². The van der Waals surface area contributed by atoms with E-state index in [9.17, 15) is 19.5 Å². The van der Waals surface area contributed by atoms with E-state index >= 15 is 0 Å². The van der Waals surface area contributed by atoms with Crippen LogP contribution in [0.4, 0.5) is 0 Å². The lowest BCUT2D eigenvalue weighted by Gasteiger charge is -2.33. The second-order valence-corrected chi connectivity index (χ2v) is 8.52. The largest absolute Gasteiger partial charge is 0.480 e. The van der Waals surface area contributed by atoms with Gasteiger partial charge in [-0.2, -0.15) is 0 Å². The number of nitrogens with one attached hydrogen (secondary N) is 1. The van der Waals surface area contributed by atoms with Crippen molar-refractivity contribution < 1.29 is 24.2 Å². The summed E-state index contributed by atoms with van der Waals surface area (Å²) >= 11 is 0. The number of nitrogens with zero attached hydrogens (tertiary/aromatic N) is 1. The van der Waals surface area contributed by atoms with E-state index in [1.165, 1.54) is 4.90 Å². The molecule has 5 atom stereocenters. The van der Waals surface area contributed by atoms with Gasteiger partial charge in [-0.3, -0.25) is 9.59 Å². The summed E-state index contributed by atoms with van der Waals surface area (Å²) in [5, 5.41) is 12.5. The highest BCUT2D eigenvalue weighted by Gasteiger charge is 2.69. The highest BCUT2D eigenvalue weighted by Crippen LogP contribution is 2.64. The number of aliphatic carboxylic acids is 1. The Morgan fingerprint density at radius 2 is 1.96 bits per heavy atom. The lowest BCUT2D eigenvalue weighted by atomic mass is 9.97. The van der Waals surface area contributed by atoms with Crippen molar-refractivity contribution in [3.63, 3.8) is 0 Å². The van der Waals surface area contributed by atoms with E-state index in [-0.39, 0.29) is 40.9 Å². The van der Waals surface area contributed by atoms with Crippen LogP contribution in [-0.2, 0) is 19.1 Å². The molecule has 3 aliphatic rings. The highest BCUT2D eigenvalue weighted by molar-refractivity contribution is 5.92. The first kappa shape index (κ1) is 18.2. The molecule has 2 aliphatic heterocycles. The normalized spacial score (nSPS) is 33.9. The number of carboxylic acid groups (broad SMARTS) is 1. The van der Waals surface area contributed by atoms with Gasteiger partial charge in [0.25, 0.3) is 0 Å². The van der Waals surface area contributed by atoms with Crippen molar-refractivity contribution in [1.29, 1.82) is 0 Å². The number of carbonyl (C=O) groups is 3. The summed E-state index contributed by atoms with van der Waals surface area (Å²) in [6.07, 6.45) is 0.657. The number of carboxylic acids is 1. The molecule has 2 amide bonds. The first-order valence-electron chi connectivity index (χ1n) is 9.07. The Hall–Kier alpha value is -1.63. The molecule has 2 heterocycles. The number of ether oxygens (including phenoxy) is 1. The van der Waals surface area contributed by atoms with Crippen LogP contribution in [0.3, 0.4) is 0 Å². The molecule has 2 N–H and O–H groups in total. The average molecular weight is 352 g/mol. The van der Waals surface area contributed by atoms with E-state index < -0.39 is 18.1 Å². The Labute approximate surface area is 148 Å². The molecule has 0 aromatic heterocycles. The number of hydrogen-bond donors (Lipinski definition) is 2. The van der Waals surface area contributed by atoms with Crippen LogP contribution >= 0.6 is 0 Å². The van der Waals surface area contributed by atoms with Gasteiger partial charge in [-0.05, 0) is 23.7 Å². The maximum absolute atomic E-state index is 13.0. The van der Waals surface area contributed by atoms with Crippen LogP contribution in [0.1, 0.15) is 34.1 Å². The van der Waals surface area contributed by atoms with Gasteiger partial charge in [0.05, 0.1) is 12.5 Å². The minimum absolute atomic E-state index is 0.000644. The minimum atomic E-state index is -0.954.